The fourth-order valence-electron chi connectivity index (χ4n) is 6.37. The van der Waals surface area contributed by atoms with E-state index in [0.29, 0.717) is 18.8 Å². The molecule has 282 valence electrons. The minimum atomic E-state index is 0.196. The number of hydrogen-bond donors (Lipinski definition) is 2. The molecule has 0 radical (unpaired) electrons. The van der Waals surface area contributed by atoms with Crippen LogP contribution in [0.3, 0.4) is 0 Å². The van der Waals surface area contributed by atoms with Crippen LogP contribution >= 0.6 is 0 Å². The van der Waals surface area contributed by atoms with Crippen LogP contribution in [0, 0.1) is 5.92 Å². The van der Waals surface area contributed by atoms with Gasteiger partial charge in [0.1, 0.15) is 0 Å². The van der Waals surface area contributed by atoms with E-state index in [2.05, 4.69) is 62.6 Å². The fourth-order valence-corrected chi connectivity index (χ4v) is 6.37. The third-order valence-electron chi connectivity index (χ3n) is 9.75. The summed E-state index contributed by atoms with van der Waals surface area (Å²) in [6, 6.07) is 0.229. The number of carbonyl (C=O) groups is 2. The second-order valence-electron chi connectivity index (χ2n) is 14.9. The van der Waals surface area contributed by atoms with Gasteiger partial charge in [0.25, 0.3) is 0 Å². The Kier molecular flexibility index (Phi) is 37.0. The van der Waals surface area contributed by atoms with Crippen molar-refractivity contribution in [1.82, 2.24) is 10.6 Å². The van der Waals surface area contributed by atoms with Crippen molar-refractivity contribution in [3.63, 3.8) is 0 Å². The second kappa shape index (κ2) is 38.2. The highest BCUT2D eigenvalue weighted by molar-refractivity contribution is 5.76. The lowest BCUT2D eigenvalue weighted by Crippen LogP contribution is -2.38. The highest BCUT2D eigenvalue weighted by Gasteiger charge is 2.15. The third kappa shape index (κ3) is 35.7. The minimum Gasteiger partial charge on any atom is -0.356 e. The summed E-state index contributed by atoms with van der Waals surface area (Å²) in [5, 5.41) is 6.41. The van der Waals surface area contributed by atoms with Gasteiger partial charge in [0.15, 0.2) is 0 Å². The van der Waals surface area contributed by atoms with Crippen LogP contribution in [-0.4, -0.2) is 24.4 Å². The summed E-state index contributed by atoms with van der Waals surface area (Å²) in [6.07, 6.45) is 47.0. The van der Waals surface area contributed by atoms with Crippen molar-refractivity contribution < 1.29 is 9.59 Å². The van der Waals surface area contributed by atoms with Crippen LogP contribution < -0.4 is 10.6 Å². The molecule has 0 aliphatic heterocycles. The topological polar surface area (TPSA) is 58.2 Å². The lowest BCUT2D eigenvalue weighted by Gasteiger charge is -2.22. The first-order valence-corrected chi connectivity index (χ1v) is 21.4. The Balaban J connectivity index is 3.64. The fraction of sp³-hybridized carbons (Fsp3) is 0.864. The molecule has 0 aromatic carbocycles. The van der Waals surface area contributed by atoms with Gasteiger partial charge in [-0.3, -0.25) is 9.59 Å². The molecule has 0 heterocycles. The van der Waals surface area contributed by atoms with Crippen LogP contribution in [0.5, 0.6) is 0 Å². The predicted molar refractivity (Wildman–Crippen MR) is 213 cm³/mol. The smallest absolute Gasteiger partial charge is 0.220 e. The van der Waals surface area contributed by atoms with E-state index in [1.807, 2.05) is 0 Å². The largest absolute Gasteiger partial charge is 0.356 e. The predicted octanol–water partition coefficient (Wildman–Crippen LogP) is 13.5. The molecular weight excluding hydrogens is 588 g/mol. The number of allylic oxidation sites excluding steroid dienone is 4. The van der Waals surface area contributed by atoms with E-state index in [1.54, 1.807) is 0 Å². The molecule has 0 bridgehead atoms. The van der Waals surface area contributed by atoms with Gasteiger partial charge < -0.3 is 10.6 Å². The summed E-state index contributed by atoms with van der Waals surface area (Å²) in [7, 11) is 0. The molecule has 0 aromatic heterocycles. The molecule has 48 heavy (non-hydrogen) atoms. The van der Waals surface area contributed by atoms with Crippen LogP contribution in [-0.2, 0) is 9.59 Å². The Hall–Kier alpha value is -1.58. The van der Waals surface area contributed by atoms with Gasteiger partial charge in [0.05, 0.1) is 0 Å². The minimum absolute atomic E-state index is 0.196. The van der Waals surface area contributed by atoms with Crippen LogP contribution in [0.25, 0.3) is 0 Å². The molecule has 0 aliphatic carbocycles. The standard InChI is InChI=1S/C44H84N2O2/c1-5-7-9-11-13-15-17-19-21-23-25-27-29-31-33-38-43(47)45-40-36-35-37-42(41(3)4)46-44(48)39-34-32-30-28-26-24-22-20-18-16-14-12-10-8-6-2/h19-22,41-42H,5-18,23-40H2,1-4H3,(H,45,47)(H,46,48)/b21-19-,22-20-/t42-/m0/s1. The first-order chi connectivity index (χ1) is 23.5. The van der Waals surface area contributed by atoms with Gasteiger partial charge in [0, 0.05) is 25.4 Å². The van der Waals surface area contributed by atoms with Gasteiger partial charge in [-0.25, -0.2) is 0 Å². The highest BCUT2D eigenvalue weighted by atomic mass is 16.2. The second-order valence-corrected chi connectivity index (χ2v) is 14.9. The molecular formula is C44H84N2O2. The van der Waals surface area contributed by atoms with E-state index in [0.717, 1.165) is 51.5 Å². The molecule has 0 spiro atoms. The molecule has 1 atom stereocenters. The van der Waals surface area contributed by atoms with Gasteiger partial charge in [-0.1, -0.05) is 155 Å². The number of hydrogen-bond acceptors (Lipinski definition) is 2. The van der Waals surface area contributed by atoms with Crippen LogP contribution in [0.2, 0.25) is 0 Å². The average molecular weight is 673 g/mol. The van der Waals surface area contributed by atoms with E-state index >= 15 is 0 Å². The summed E-state index contributed by atoms with van der Waals surface area (Å²) in [5.74, 6) is 0.833. The number of nitrogens with one attached hydrogen (secondary N) is 2. The summed E-state index contributed by atoms with van der Waals surface area (Å²) in [5.41, 5.74) is 0. The van der Waals surface area contributed by atoms with Gasteiger partial charge in [0.2, 0.25) is 11.8 Å². The Labute approximate surface area is 300 Å². The number of rotatable bonds is 37. The van der Waals surface area contributed by atoms with Crippen LogP contribution in [0.1, 0.15) is 227 Å². The average Bonchev–Trinajstić information content (AvgIpc) is 3.07. The first kappa shape index (κ1) is 46.4. The molecule has 2 amide bonds. The van der Waals surface area contributed by atoms with Gasteiger partial charge >= 0.3 is 0 Å². The first-order valence-electron chi connectivity index (χ1n) is 21.4. The normalized spacial score (nSPS) is 12.4. The molecule has 0 fully saturated rings. The zero-order valence-electron chi connectivity index (χ0n) is 32.9. The number of amides is 2. The van der Waals surface area contributed by atoms with Crippen molar-refractivity contribution in [2.75, 3.05) is 6.54 Å². The Bertz CT molecular complexity index is 744. The Morgan fingerprint density at radius 1 is 0.458 bits per heavy atom. The van der Waals surface area contributed by atoms with Crippen molar-refractivity contribution in [2.45, 2.75) is 233 Å². The highest BCUT2D eigenvalue weighted by Crippen LogP contribution is 2.14. The van der Waals surface area contributed by atoms with Crippen molar-refractivity contribution >= 4 is 11.8 Å². The van der Waals surface area contributed by atoms with Crippen molar-refractivity contribution in [3.05, 3.63) is 24.3 Å². The van der Waals surface area contributed by atoms with Gasteiger partial charge in [-0.15, -0.1) is 0 Å². The summed E-state index contributed by atoms with van der Waals surface area (Å²) >= 11 is 0. The summed E-state index contributed by atoms with van der Waals surface area (Å²) < 4.78 is 0. The molecule has 4 nitrogen and oxygen atoms in total. The maximum absolute atomic E-state index is 12.6. The molecule has 4 heteroatoms. The van der Waals surface area contributed by atoms with Gasteiger partial charge in [-0.05, 0) is 89.4 Å². The molecule has 0 saturated carbocycles. The number of carbonyl (C=O) groups excluding carboxylic acids is 2. The van der Waals surface area contributed by atoms with E-state index < -0.39 is 0 Å². The third-order valence-corrected chi connectivity index (χ3v) is 9.75. The van der Waals surface area contributed by atoms with Crippen molar-refractivity contribution in [3.8, 4) is 0 Å². The molecule has 0 rings (SSSR count). The Morgan fingerprint density at radius 2 is 0.833 bits per heavy atom. The zero-order valence-corrected chi connectivity index (χ0v) is 32.9. The maximum Gasteiger partial charge on any atom is 0.220 e. The lowest BCUT2D eigenvalue weighted by atomic mass is 9.98. The lowest BCUT2D eigenvalue weighted by molar-refractivity contribution is -0.122. The van der Waals surface area contributed by atoms with Crippen molar-refractivity contribution in [1.29, 1.82) is 0 Å². The van der Waals surface area contributed by atoms with Crippen molar-refractivity contribution in [2.24, 2.45) is 5.92 Å². The van der Waals surface area contributed by atoms with E-state index in [1.165, 1.54) is 141 Å². The van der Waals surface area contributed by atoms with E-state index in [-0.39, 0.29) is 17.9 Å². The molecule has 0 aromatic rings. The molecule has 2 N–H and O–H groups in total. The summed E-state index contributed by atoms with van der Waals surface area (Å²) in [6.45, 7) is 9.69. The van der Waals surface area contributed by atoms with Gasteiger partial charge in [-0.2, -0.15) is 0 Å². The quantitative estimate of drug-likeness (QED) is 0.0510. The summed E-state index contributed by atoms with van der Waals surface area (Å²) in [4.78, 5) is 24.8. The SMILES string of the molecule is CCCCCCCC/C=C\CCCCCCCC(=O)NCCCC[C@H](NC(=O)CCCCCCC/C=C\CCCCCCCC)C(C)C. The maximum atomic E-state index is 12.6. The molecule has 0 aliphatic rings. The molecule has 0 unspecified atom stereocenters. The van der Waals surface area contributed by atoms with E-state index in [9.17, 15) is 9.59 Å². The molecule has 0 saturated heterocycles. The Morgan fingerprint density at radius 3 is 1.25 bits per heavy atom. The van der Waals surface area contributed by atoms with Crippen LogP contribution in [0.4, 0.5) is 0 Å². The van der Waals surface area contributed by atoms with E-state index in [4.69, 9.17) is 0 Å². The van der Waals surface area contributed by atoms with Crippen LogP contribution in [0.15, 0.2) is 24.3 Å². The zero-order chi connectivity index (χ0) is 35.2. The number of unbranched alkanes of at least 4 members (excludes halogenated alkanes) is 23. The monoisotopic (exact) mass is 673 g/mol.